The number of carbonyl (C=O) groups excluding carboxylic acids is 2. The zero-order chi connectivity index (χ0) is 29.4. The van der Waals surface area contributed by atoms with Crippen molar-refractivity contribution in [2.75, 3.05) is 5.75 Å². The number of nitrogens with one attached hydrogen (secondary N) is 1. The Morgan fingerprint density at radius 2 is 1.59 bits per heavy atom. The highest BCUT2D eigenvalue weighted by atomic mass is 32.2. The molecule has 3 N–H and O–H groups in total. The maximum atomic E-state index is 12.2. The Balaban J connectivity index is 1.44. The lowest BCUT2D eigenvalue weighted by Crippen LogP contribution is -2.35. The van der Waals surface area contributed by atoms with Gasteiger partial charge < -0.3 is 29.7 Å². The third-order valence-electron chi connectivity index (χ3n) is 6.58. The highest BCUT2D eigenvalue weighted by Gasteiger charge is 2.32. The van der Waals surface area contributed by atoms with Crippen LogP contribution in [0.1, 0.15) is 65.3 Å². The predicted molar refractivity (Wildman–Crippen MR) is 152 cm³/mol. The molecule has 216 valence electrons. The maximum Gasteiger partial charge on any atom is 0.335 e. The number of hydrogen-bond acceptors (Lipinski definition) is 8. The summed E-state index contributed by atoms with van der Waals surface area (Å²) in [6.07, 6.45) is -1.26. The molecular formula is C31H33NO8S. The molecule has 3 aromatic carbocycles. The fraction of sp³-hybridized carbons (Fsp3) is 0.323. The van der Waals surface area contributed by atoms with Crippen LogP contribution in [-0.4, -0.2) is 46.0 Å². The standard InChI is InChI=1S/C31H33NO8S/c1-19(38-20(2)34)29(35)32-16-21-3-9-25(10-4-21)31-39-26(18-41-27-13-11-24(12-14-27)30(36)37)15-28(40-31)23-7-5-22(17-33)6-8-23/h3-14,19,26,28,31,33H,15-18H2,1-2H3,(H,32,35)(H,36,37)/t19-,26-,28+,31?/m0/s1. The van der Waals surface area contributed by atoms with Gasteiger partial charge in [0.15, 0.2) is 12.4 Å². The van der Waals surface area contributed by atoms with Gasteiger partial charge in [-0.1, -0.05) is 48.5 Å². The Kier molecular flexibility index (Phi) is 10.5. The number of thioether (sulfide) groups is 1. The molecule has 0 bridgehead atoms. The lowest BCUT2D eigenvalue weighted by molar-refractivity contribution is -0.245. The quantitative estimate of drug-likeness (QED) is 0.217. The van der Waals surface area contributed by atoms with Crippen molar-refractivity contribution in [3.05, 3.63) is 101 Å². The van der Waals surface area contributed by atoms with Gasteiger partial charge in [0.2, 0.25) is 0 Å². The number of aromatic carboxylic acids is 1. The Morgan fingerprint density at radius 1 is 0.951 bits per heavy atom. The van der Waals surface area contributed by atoms with E-state index in [-0.39, 0.29) is 36.8 Å². The topological polar surface area (TPSA) is 131 Å². The van der Waals surface area contributed by atoms with Crippen LogP contribution < -0.4 is 5.32 Å². The highest BCUT2D eigenvalue weighted by molar-refractivity contribution is 7.99. The highest BCUT2D eigenvalue weighted by Crippen LogP contribution is 2.39. The summed E-state index contributed by atoms with van der Waals surface area (Å²) in [6, 6.07) is 22.0. The van der Waals surface area contributed by atoms with E-state index in [1.165, 1.54) is 13.8 Å². The van der Waals surface area contributed by atoms with Gasteiger partial charge in [0.25, 0.3) is 5.91 Å². The third-order valence-corrected chi connectivity index (χ3v) is 7.73. The SMILES string of the molecule is CC(=O)O[C@@H](C)C(=O)NCc1ccc(C2O[C@H](CSc3ccc(C(=O)O)cc3)C[C@H](c3ccc(CO)cc3)O2)cc1. The molecule has 1 aliphatic rings. The molecule has 1 aliphatic heterocycles. The van der Waals surface area contributed by atoms with E-state index in [1.54, 1.807) is 36.0 Å². The van der Waals surface area contributed by atoms with E-state index in [1.807, 2.05) is 48.5 Å². The number of aliphatic hydroxyl groups is 1. The minimum Gasteiger partial charge on any atom is -0.478 e. The number of esters is 1. The Bertz CT molecular complexity index is 1330. The number of aliphatic hydroxyl groups excluding tert-OH is 1. The van der Waals surface area contributed by atoms with E-state index in [9.17, 15) is 19.5 Å². The fourth-order valence-corrected chi connectivity index (χ4v) is 5.26. The monoisotopic (exact) mass is 579 g/mol. The van der Waals surface area contributed by atoms with Crippen molar-refractivity contribution in [3.8, 4) is 0 Å². The second-order valence-corrected chi connectivity index (χ2v) is 10.8. The van der Waals surface area contributed by atoms with Crippen molar-refractivity contribution in [2.24, 2.45) is 0 Å². The summed E-state index contributed by atoms with van der Waals surface area (Å²) in [5, 5.41) is 21.3. The van der Waals surface area contributed by atoms with Crippen molar-refractivity contribution in [3.63, 3.8) is 0 Å². The van der Waals surface area contributed by atoms with Crippen LogP contribution in [0.4, 0.5) is 0 Å². The first-order valence-corrected chi connectivity index (χ1v) is 14.2. The van der Waals surface area contributed by atoms with Crippen molar-refractivity contribution < 1.29 is 38.8 Å². The van der Waals surface area contributed by atoms with E-state index in [2.05, 4.69) is 5.32 Å². The summed E-state index contributed by atoms with van der Waals surface area (Å²) >= 11 is 1.59. The fourth-order valence-electron chi connectivity index (χ4n) is 4.33. The summed E-state index contributed by atoms with van der Waals surface area (Å²) in [4.78, 5) is 35.3. The van der Waals surface area contributed by atoms with Crippen LogP contribution >= 0.6 is 11.8 Å². The Hall–Kier alpha value is -3.70. The molecule has 0 radical (unpaired) electrons. The molecule has 1 saturated heterocycles. The molecule has 1 heterocycles. The molecular weight excluding hydrogens is 546 g/mol. The molecule has 4 rings (SSSR count). The molecule has 1 fully saturated rings. The maximum absolute atomic E-state index is 12.2. The number of hydrogen-bond donors (Lipinski definition) is 3. The number of benzene rings is 3. The molecule has 0 saturated carbocycles. The number of carboxylic acids is 1. The summed E-state index contributed by atoms with van der Waals surface area (Å²) in [6.45, 7) is 3.02. The van der Waals surface area contributed by atoms with Crippen molar-refractivity contribution >= 4 is 29.6 Å². The normalized spacial score (nSPS) is 19.2. The van der Waals surface area contributed by atoms with E-state index >= 15 is 0 Å². The number of rotatable bonds is 11. The summed E-state index contributed by atoms with van der Waals surface area (Å²) < 4.78 is 17.7. The Labute approximate surface area is 242 Å². The molecule has 3 aromatic rings. The van der Waals surface area contributed by atoms with Gasteiger partial charge in [-0.25, -0.2) is 4.79 Å². The molecule has 1 amide bonds. The van der Waals surface area contributed by atoms with E-state index in [4.69, 9.17) is 19.3 Å². The number of carbonyl (C=O) groups is 3. The van der Waals surface area contributed by atoms with Crippen LogP contribution in [0, 0.1) is 0 Å². The van der Waals surface area contributed by atoms with Gasteiger partial charge in [-0.05, 0) is 47.9 Å². The van der Waals surface area contributed by atoms with Gasteiger partial charge in [-0.15, -0.1) is 11.8 Å². The zero-order valence-electron chi connectivity index (χ0n) is 22.8. The molecule has 0 spiro atoms. The predicted octanol–water partition coefficient (Wildman–Crippen LogP) is 4.78. The van der Waals surface area contributed by atoms with Crippen molar-refractivity contribution in [2.45, 2.75) is 62.9 Å². The lowest BCUT2D eigenvalue weighted by Gasteiger charge is -2.36. The molecule has 1 unspecified atom stereocenters. The van der Waals surface area contributed by atoms with Crippen LogP contribution in [0.15, 0.2) is 77.7 Å². The first-order chi connectivity index (χ1) is 19.7. The van der Waals surface area contributed by atoms with Crippen LogP contribution in [0.2, 0.25) is 0 Å². The zero-order valence-corrected chi connectivity index (χ0v) is 23.6. The first kappa shape index (κ1) is 30.3. The second-order valence-electron chi connectivity index (χ2n) is 9.70. The van der Waals surface area contributed by atoms with E-state index in [0.717, 1.165) is 27.1 Å². The molecule has 0 aromatic heterocycles. The van der Waals surface area contributed by atoms with Crippen LogP contribution in [0.25, 0.3) is 0 Å². The van der Waals surface area contributed by atoms with Crippen LogP contribution in [0.3, 0.4) is 0 Å². The Morgan fingerprint density at radius 3 is 2.20 bits per heavy atom. The average Bonchev–Trinajstić information content (AvgIpc) is 2.98. The van der Waals surface area contributed by atoms with Crippen LogP contribution in [0.5, 0.6) is 0 Å². The number of ether oxygens (including phenoxy) is 3. The molecule has 41 heavy (non-hydrogen) atoms. The van der Waals surface area contributed by atoms with Crippen molar-refractivity contribution in [1.29, 1.82) is 0 Å². The van der Waals surface area contributed by atoms with E-state index < -0.39 is 24.3 Å². The van der Waals surface area contributed by atoms with Gasteiger partial charge in [0.1, 0.15) is 0 Å². The summed E-state index contributed by atoms with van der Waals surface area (Å²) in [7, 11) is 0. The first-order valence-electron chi connectivity index (χ1n) is 13.2. The van der Waals surface area contributed by atoms with Gasteiger partial charge in [-0.3, -0.25) is 9.59 Å². The van der Waals surface area contributed by atoms with Gasteiger partial charge >= 0.3 is 11.9 Å². The third kappa shape index (κ3) is 8.64. The largest absolute Gasteiger partial charge is 0.478 e. The van der Waals surface area contributed by atoms with E-state index in [0.29, 0.717) is 12.2 Å². The van der Waals surface area contributed by atoms with Crippen molar-refractivity contribution in [1.82, 2.24) is 5.32 Å². The van der Waals surface area contributed by atoms with Gasteiger partial charge in [0.05, 0.1) is 24.4 Å². The molecule has 4 atom stereocenters. The second kappa shape index (κ2) is 14.3. The smallest absolute Gasteiger partial charge is 0.335 e. The minimum atomic E-state index is -0.961. The number of amides is 1. The number of carboxylic acid groups (broad SMARTS) is 1. The molecule has 0 aliphatic carbocycles. The van der Waals surface area contributed by atoms with Crippen LogP contribution in [-0.2, 0) is 37.0 Å². The lowest BCUT2D eigenvalue weighted by atomic mass is 10.0. The summed E-state index contributed by atoms with van der Waals surface area (Å²) in [5.41, 5.74) is 3.73. The minimum absolute atomic E-state index is 0.0348. The molecule has 10 heteroatoms. The van der Waals surface area contributed by atoms with Gasteiger partial charge in [0, 0.05) is 36.1 Å². The average molecular weight is 580 g/mol. The van der Waals surface area contributed by atoms with Gasteiger partial charge in [-0.2, -0.15) is 0 Å². The molecule has 9 nitrogen and oxygen atoms in total. The summed E-state index contributed by atoms with van der Waals surface area (Å²) in [5.74, 6) is -1.21.